The molecule has 1 amide bonds. The zero-order valence-electron chi connectivity index (χ0n) is 17.9. The van der Waals surface area contributed by atoms with Crippen LogP contribution in [0.4, 0.5) is 5.13 Å². The Kier molecular flexibility index (Phi) is 5.91. The number of nitrogens with zero attached hydrogens (tertiary/aromatic N) is 3. The third-order valence-electron chi connectivity index (χ3n) is 5.16. The van der Waals surface area contributed by atoms with Crippen LogP contribution in [0.1, 0.15) is 11.8 Å². The number of amides is 1. The number of rotatable bonds is 6. The van der Waals surface area contributed by atoms with Gasteiger partial charge in [0.2, 0.25) is 5.91 Å². The summed E-state index contributed by atoms with van der Waals surface area (Å²) in [5.74, 6) is 0.356. The predicted molar refractivity (Wildman–Crippen MR) is 126 cm³/mol. The number of thiazole rings is 1. The van der Waals surface area contributed by atoms with E-state index in [1.807, 2.05) is 31.2 Å². The van der Waals surface area contributed by atoms with Crippen LogP contribution in [0.25, 0.3) is 22.2 Å². The van der Waals surface area contributed by atoms with Crippen molar-refractivity contribution in [2.24, 2.45) is 0 Å². The number of ether oxygens (including phenoxy) is 1. The Morgan fingerprint density at radius 3 is 2.50 bits per heavy atom. The third-order valence-corrected chi connectivity index (χ3v) is 6.04. The van der Waals surface area contributed by atoms with Gasteiger partial charge in [-0.2, -0.15) is 0 Å². The van der Waals surface area contributed by atoms with E-state index in [1.165, 1.54) is 15.9 Å². The predicted octanol–water partition coefficient (Wildman–Crippen LogP) is 3.26. The van der Waals surface area contributed by atoms with Gasteiger partial charge in [-0.05, 0) is 50.2 Å². The van der Waals surface area contributed by atoms with Gasteiger partial charge >= 0.3 is 5.69 Å². The summed E-state index contributed by atoms with van der Waals surface area (Å²) in [5.41, 5.74) is 1.24. The van der Waals surface area contributed by atoms with Crippen molar-refractivity contribution >= 4 is 33.3 Å². The van der Waals surface area contributed by atoms with Gasteiger partial charge in [0, 0.05) is 17.0 Å². The lowest BCUT2D eigenvalue weighted by Crippen LogP contribution is -2.41. The fourth-order valence-electron chi connectivity index (χ4n) is 3.57. The maximum atomic E-state index is 12.8. The first kappa shape index (κ1) is 21.5. The van der Waals surface area contributed by atoms with Gasteiger partial charge in [0.25, 0.3) is 5.56 Å². The molecular weight excluding hydrogens is 428 g/mol. The van der Waals surface area contributed by atoms with E-state index in [0.29, 0.717) is 16.0 Å². The molecule has 1 N–H and O–H groups in total. The Balaban J connectivity index is 1.62. The van der Waals surface area contributed by atoms with Crippen LogP contribution in [0.15, 0.2) is 58.1 Å². The molecule has 0 unspecified atom stereocenters. The molecule has 0 aliphatic carbocycles. The summed E-state index contributed by atoms with van der Waals surface area (Å²) in [4.78, 5) is 43.7. The number of benzene rings is 2. The summed E-state index contributed by atoms with van der Waals surface area (Å²) in [7, 11) is 1.61. The highest BCUT2D eigenvalue weighted by Crippen LogP contribution is 2.31. The molecule has 0 aliphatic rings. The molecule has 0 radical (unpaired) electrons. The number of fused-ring (bicyclic) bond motifs is 1. The summed E-state index contributed by atoms with van der Waals surface area (Å²) in [5, 5.41) is 3.63. The Labute approximate surface area is 187 Å². The minimum atomic E-state index is -0.513. The molecule has 9 heteroatoms. The van der Waals surface area contributed by atoms with E-state index in [-0.39, 0.29) is 18.6 Å². The highest BCUT2D eigenvalue weighted by Gasteiger charge is 2.16. The summed E-state index contributed by atoms with van der Waals surface area (Å²) in [6, 6.07) is 14.3. The zero-order chi connectivity index (χ0) is 22.8. The molecule has 2 heterocycles. The first-order chi connectivity index (χ1) is 15.4. The van der Waals surface area contributed by atoms with Crippen molar-refractivity contribution in [3.05, 3.63) is 74.2 Å². The molecule has 2 aromatic carbocycles. The van der Waals surface area contributed by atoms with Gasteiger partial charge in [0.15, 0.2) is 5.13 Å². The van der Waals surface area contributed by atoms with Crippen LogP contribution in [0, 0.1) is 6.92 Å². The molecule has 0 spiro atoms. The average Bonchev–Trinajstić information content (AvgIpc) is 3.16. The van der Waals surface area contributed by atoms with E-state index >= 15 is 0 Å². The molecule has 0 saturated heterocycles. The fourth-order valence-corrected chi connectivity index (χ4v) is 4.42. The lowest BCUT2D eigenvalue weighted by molar-refractivity contribution is -0.116. The lowest BCUT2D eigenvalue weighted by Gasteiger charge is -2.12. The second-order valence-corrected chi connectivity index (χ2v) is 8.34. The molecule has 8 nitrogen and oxygen atoms in total. The molecular formula is C23H22N4O4S. The Morgan fingerprint density at radius 1 is 1.09 bits per heavy atom. The van der Waals surface area contributed by atoms with Crippen molar-refractivity contribution in [3.63, 3.8) is 0 Å². The van der Waals surface area contributed by atoms with Crippen LogP contribution in [0.2, 0.25) is 0 Å². The number of methoxy groups -OCH3 is 1. The van der Waals surface area contributed by atoms with Crippen LogP contribution in [-0.2, 0) is 17.9 Å². The average molecular weight is 451 g/mol. The van der Waals surface area contributed by atoms with Crippen molar-refractivity contribution < 1.29 is 9.53 Å². The SMILES string of the molecule is CCn1c(=O)c2ccccc2n(CC(=O)Nc2nc(-c3ccc(OC)cc3)c(C)s2)c1=O. The van der Waals surface area contributed by atoms with Gasteiger partial charge in [-0.25, -0.2) is 9.78 Å². The molecule has 2 aromatic heterocycles. The summed E-state index contributed by atoms with van der Waals surface area (Å²) < 4.78 is 7.64. The van der Waals surface area contributed by atoms with Crippen molar-refractivity contribution in [2.45, 2.75) is 26.9 Å². The van der Waals surface area contributed by atoms with Crippen LogP contribution in [-0.4, -0.2) is 27.1 Å². The number of para-hydroxylation sites is 1. The molecule has 0 saturated carbocycles. The summed E-state index contributed by atoms with van der Waals surface area (Å²) >= 11 is 1.36. The first-order valence-corrected chi connectivity index (χ1v) is 10.9. The van der Waals surface area contributed by atoms with Gasteiger partial charge in [0.1, 0.15) is 12.3 Å². The van der Waals surface area contributed by atoms with Crippen LogP contribution in [0.5, 0.6) is 5.75 Å². The second kappa shape index (κ2) is 8.80. The molecule has 164 valence electrons. The summed E-state index contributed by atoms with van der Waals surface area (Å²) in [6.07, 6.45) is 0. The molecule has 0 bridgehead atoms. The second-order valence-electron chi connectivity index (χ2n) is 7.14. The Morgan fingerprint density at radius 2 is 1.81 bits per heavy atom. The van der Waals surface area contributed by atoms with Crippen molar-refractivity contribution in [3.8, 4) is 17.0 Å². The smallest absolute Gasteiger partial charge is 0.331 e. The number of anilines is 1. The van der Waals surface area contributed by atoms with Gasteiger partial charge in [-0.1, -0.05) is 12.1 Å². The Bertz CT molecular complexity index is 1420. The van der Waals surface area contributed by atoms with E-state index in [9.17, 15) is 14.4 Å². The largest absolute Gasteiger partial charge is 0.497 e. The van der Waals surface area contributed by atoms with E-state index in [2.05, 4.69) is 10.3 Å². The van der Waals surface area contributed by atoms with Crippen LogP contribution in [0.3, 0.4) is 0 Å². The van der Waals surface area contributed by atoms with Gasteiger partial charge in [-0.3, -0.25) is 18.7 Å². The maximum absolute atomic E-state index is 12.8. The number of aryl methyl sites for hydroxylation is 1. The molecule has 32 heavy (non-hydrogen) atoms. The molecule has 0 aliphatic heterocycles. The quantitative estimate of drug-likeness (QED) is 0.487. The van der Waals surface area contributed by atoms with Crippen molar-refractivity contribution in [1.82, 2.24) is 14.1 Å². The molecule has 4 aromatic rings. The molecule has 4 rings (SSSR count). The number of aromatic nitrogens is 3. The minimum absolute atomic E-state index is 0.223. The van der Waals surface area contributed by atoms with Crippen LogP contribution < -0.4 is 21.3 Å². The number of carbonyl (C=O) groups is 1. The van der Waals surface area contributed by atoms with E-state index in [0.717, 1.165) is 26.5 Å². The summed E-state index contributed by atoms with van der Waals surface area (Å²) in [6.45, 7) is 3.65. The maximum Gasteiger partial charge on any atom is 0.331 e. The topological polar surface area (TPSA) is 95.2 Å². The van der Waals surface area contributed by atoms with E-state index in [4.69, 9.17) is 4.74 Å². The first-order valence-electron chi connectivity index (χ1n) is 10.1. The molecule has 0 atom stereocenters. The number of hydrogen-bond donors (Lipinski definition) is 1. The lowest BCUT2D eigenvalue weighted by atomic mass is 10.1. The number of hydrogen-bond acceptors (Lipinski definition) is 6. The number of carbonyl (C=O) groups excluding carboxylic acids is 1. The van der Waals surface area contributed by atoms with E-state index < -0.39 is 11.6 Å². The van der Waals surface area contributed by atoms with Crippen LogP contribution >= 0.6 is 11.3 Å². The third kappa shape index (κ3) is 3.94. The van der Waals surface area contributed by atoms with E-state index in [1.54, 1.807) is 38.3 Å². The minimum Gasteiger partial charge on any atom is -0.497 e. The van der Waals surface area contributed by atoms with Crippen molar-refractivity contribution in [1.29, 1.82) is 0 Å². The number of nitrogens with one attached hydrogen (secondary N) is 1. The highest BCUT2D eigenvalue weighted by molar-refractivity contribution is 7.16. The fraction of sp³-hybridized carbons (Fsp3) is 0.217. The zero-order valence-corrected chi connectivity index (χ0v) is 18.7. The van der Waals surface area contributed by atoms with Gasteiger partial charge in [-0.15, -0.1) is 11.3 Å². The standard InChI is InChI=1S/C23H22N4O4S/c1-4-26-21(29)17-7-5-6-8-18(17)27(23(26)30)13-19(28)24-22-25-20(14(2)32-22)15-9-11-16(31-3)12-10-15/h5-12H,4,13H2,1-3H3,(H,24,25,28). The van der Waals surface area contributed by atoms with Gasteiger partial charge < -0.3 is 10.1 Å². The van der Waals surface area contributed by atoms with Crippen molar-refractivity contribution in [2.75, 3.05) is 12.4 Å². The molecule has 0 fully saturated rings. The van der Waals surface area contributed by atoms with Gasteiger partial charge in [0.05, 0.1) is 23.7 Å². The Hall–Kier alpha value is -3.72. The normalized spacial score (nSPS) is 11.0. The monoisotopic (exact) mass is 450 g/mol. The highest BCUT2D eigenvalue weighted by atomic mass is 32.1.